The van der Waals surface area contributed by atoms with Crippen LogP contribution in [0.4, 0.5) is 0 Å². The van der Waals surface area contributed by atoms with E-state index in [4.69, 9.17) is 9.84 Å². The molecular formula is C7H14O3. The van der Waals surface area contributed by atoms with Crippen molar-refractivity contribution in [1.29, 1.82) is 0 Å². The molecule has 10 heavy (non-hydrogen) atoms. The van der Waals surface area contributed by atoms with Crippen molar-refractivity contribution in [2.45, 2.75) is 31.5 Å². The first-order valence-corrected chi connectivity index (χ1v) is 3.75. The van der Waals surface area contributed by atoms with Crippen molar-refractivity contribution in [3.63, 3.8) is 0 Å². The van der Waals surface area contributed by atoms with E-state index < -0.39 is 0 Å². The second-order valence-corrected chi connectivity index (χ2v) is 2.63. The van der Waals surface area contributed by atoms with Crippen molar-refractivity contribution in [2.24, 2.45) is 0 Å². The Morgan fingerprint density at radius 1 is 1.50 bits per heavy atom. The third-order valence-corrected chi connectivity index (χ3v) is 1.82. The summed E-state index contributed by atoms with van der Waals surface area (Å²) in [7, 11) is 0. The maximum Gasteiger partial charge on any atom is 0.0855 e. The van der Waals surface area contributed by atoms with Crippen molar-refractivity contribution in [3.05, 3.63) is 0 Å². The minimum absolute atomic E-state index is 0.0989. The first-order valence-electron chi connectivity index (χ1n) is 3.75. The summed E-state index contributed by atoms with van der Waals surface area (Å²) >= 11 is 0. The van der Waals surface area contributed by atoms with Crippen LogP contribution in [0.2, 0.25) is 0 Å². The van der Waals surface area contributed by atoms with Crippen LogP contribution in [-0.2, 0) is 4.74 Å². The summed E-state index contributed by atoms with van der Waals surface area (Å²) in [5.74, 6) is 0. The minimum Gasteiger partial charge on any atom is -0.396 e. The van der Waals surface area contributed by atoms with Crippen molar-refractivity contribution >= 4 is 0 Å². The van der Waals surface area contributed by atoms with E-state index in [0.29, 0.717) is 6.42 Å². The summed E-state index contributed by atoms with van der Waals surface area (Å²) in [6.45, 7) is 0.823. The number of aliphatic hydroxyl groups excluding tert-OH is 2. The van der Waals surface area contributed by atoms with E-state index in [2.05, 4.69) is 0 Å². The standard InChI is InChI=1S/C7H14O3/c8-4-3-7-6(9)2-1-5-10-7/h6-9H,1-5H2/t6-,7-/m1/s1. The summed E-state index contributed by atoms with van der Waals surface area (Å²) < 4.78 is 5.22. The van der Waals surface area contributed by atoms with Gasteiger partial charge in [-0.2, -0.15) is 0 Å². The molecule has 0 amide bonds. The summed E-state index contributed by atoms with van der Waals surface area (Å²) in [4.78, 5) is 0. The highest BCUT2D eigenvalue weighted by Gasteiger charge is 2.22. The average Bonchev–Trinajstić information content (AvgIpc) is 1.94. The van der Waals surface area contributed by atoms with Crippen molar-refractivity contribution in [2.75, 3.05) is 13.2 Å². The van der Waals surface area contributed by atoms with Gasteiger partial charge in [0.1, 0.15) is 0 Å². The highest BCUT2D eigenvalue weighted by Crippen LogP contribution is 2.15. The topological polar surface area (TPSA) is 49.7 Å². The Kier molecular flexibility index (Phi) is 3.12. The van der Waals surface area contributed by atoms with Gasteiger partial charge < -0.3 is 14.9 Å². The maximum atomic E-state index is 9.26. The molecule has 2 N–H and O–H groups in total. The molecular weight excluding hydrogens is 132 g/mol. The van der Waals surface area contributed by atoms with Gasteiger partial charge in [-0.1, -0.05) is 0 Å². The van der Waals surface area contributed by atoms with Gasteiger partial charge in [-0.15, -0.1) is 0 Å². The Balaban J connectivity index is 2.25. The van der Waals surface area contributed by atoms with Gasteiger partial charge in [0.15, 0.2) is 0 Å². The zero-order chi connectivity index (χ0) is 7.40. The summed E-state index contributed by atoms with van der Waals surface area (Å²) in [5.41, 5.74) is 0. The molecule has 0 aromatic rings. The van der Waals surface area contributed by atoms with Gasteiger partial charge in [-0.3, -0.25) is 0 Å². The fourth-order valence-corrected chi connectivity index (χ4v) is 1.23. The SMILES string of the molecule is OCC[C@H]1OCCC[C@H]1O. The van der Waals surface area contributed by atoms with Gasteiger partial charge in [0.2, 0.25) is 0 Å². The van der Waals surface area contributed by atoms with E-state index in [9.17, 15) is 5.11 Å². The maximum absolute atomic E-state index is 9.26. The van der Waals surface area contributed by atoms with E-state index in [0.717, 1.165) is 19.4 Å². The molecule has 0 aromatic heterocycles. The zero-order valence-electron chi connectivity index (χ0n) is 5.99. The monoisotopic (exact) mass is 146 g/mol. The lowest BCUT2D eigenvalue weighted by atomic mass is 10.0. The van der Waals surface area contributed by atoms with Gasteiger partial charge in [0, 0.05) is 13.2 Å². The predicted octanol–water partition coefficient (Wildman–Crippen LogP) is -0.0913. The van der Waals surface area contributed by atoms with Gasteiger partial charge >= 0.3 is 0 Å². The summed E-state index contributed by atoms with van der Waals surface area (Å²) in [6.07, 6.45) is 1.81. The summed E-state index contributed by atoms with van der Waals surface area (Å²) in [5, 5.41) is 17.8. The van der Waals surface area contributed by atoms with Gasteiger partial charge in [0.25, 0.3) is 0 Å². The van der Waals surface area contributed by atoms with Gasteiger partial charge in [-0.25, -0.2) is 0 Å². The highest BCUT2D eigenvalue weighted by atomic mass is 16.5. The Morgan fingerprint density at radius 2 is 2.30 bits per heavy atom. The molecule has 1 saturated heterocycles. The van der Waals surface area contributed by atoms with Crippen molar-refractivity contribution < 1.29 is 14.9 Å². The van der Waals surface area contributed by atoms with Gasteiger partial charge in [0.05, 0.1) is 12.2 Å². The van der Waals surface area contributed by atoms with Crippen LogP contribution in [0.15, 0.2) is 0 Å². The van der Waals surface area contributed by atoms with Crippen LogP contribution in [0.25, 0.3) is 0 Å². The Hall–Kier alpha value is -0.120. The molecule has 0 radical (unpaired) electrons. The molecule has 0 unspecified atom stereocenters. The van der Waals surface area contributed by atoms with Crippen LogP contribution in [-0.4, -0.2) is 35.6 Å². The largest absolute Gasteiger partial charge is 0.396 e. The lowest BCUT2D eigenvalue weighted by molar-refractivity contribution is -0.0816. The third-order valence-electron chi connectivity index (χ3n) is 1.82. The predicted molar refractivity (Wildman–Crippen MR) is 36.7 cm³/mol. The molecule has 0 saturated carbocycles. The second kappa shape index (κ2) is 3.91. The fourth-order valence-electron chi connectivity index (χ4n) is 1.23. The zero-order valence-corrected chi connectivity index (χ0v) is 5.99. The molecule has 1 fully saturated rings. The molecule has 60 valence electrons. The summed E-state index contributed by atoms with van der Waals surface area (Å²) in [6, 6.07) is 0. The highest BCUT2D eigenvalue weighted by molar-refractivity contribution is 4.72. The molecule has 1 rings (SSSR count). The van der Waals surface area contributed by atoms with E-state index in [-0.39, 0.29) is 18.8 Å². The van der Waals surface area contributed by atoms with Crippen LogP contribution in [0, 0.1) is 0 Å². The lowest BCUT2D eigenvalue weighted by Gasteiger charge is -2.27. The van der Waals surface area contributed by atoms with E-state index >= 15 is 0 Å². The number of hydrogen-bond acceptors (Lipinski definition) is 3. The molecule has 0 spiro atoms. The van der Waals surface area contributed by atoms with E-state index in [1.54, 1.807) is 0 Å². The Bertz CT molecular complexity index is 92.9. The Morgan fingerprint density at radius 3 is 2.90 bits per heavy atom. The molecule has 1 aliphatic heterocycles. The molecule has 0 bridgehead atoms. The minimum atomic E-state index is -0.360. The number of rotatable bonds is 2. The van der Waals surface area contributed by atoms with Crippen LogP contribution in [0.5, 0.6) is 0 Å². The molecule has 0 aliphatic carbocycles. The quantitative estimate of drug-likeness (QED) is 0.572. The smallest absolute Gasteiger partial charge is 0.0855 e. The number of aliphatic hydroxyl groups is 2. The fraction of sp³-hybridized carbons (Fsp3) is 1.00. The molecule has 1 aliphatic rings. The number of ether oxygens (including phenoxy) is 1. The van der Waals surface area contributed by atoms with Gasteiger partial charge in [-0.05, 0) is 19.3 Å². The molecule has 2 atom stereocenters. The average molecular weight is 146 g/mol. The van der Waals surface area contributed by atoms with Crippen molar-refractivity contribution in [3.8, 4) is 0 Å². The molecule has 3 heteroatoms. The molecule has 0 aromatic carbocycles. The van der Waals surface area contributed by atoms with Crippen LogP contribution < -0.4 is 0 Å². The van der Waals surface area contributed by atoms with Crippen LogP contribution in [0.3, 0.4) is 0 Å². The first-order chi connectivity index (χ1) is 4.84. The molecule has 1 heterocycles. The van der Waals surface area contributed by atoms with Crippen LogP contribution in [0.1, 0.15) is 19.3 Å². The van der Waals surface area contributed by atoms with E-state index in [1.807, 2.05) is 0 Å². The third kappa shape index (κ3) is 1.94. The Labute approximate surface area is 60.6 Å². The van der Waals surface area contributed by atoms with Crippen molar-refractivity contribution in [1.82, 2.24) is 0 Å². The lowest BCUT2D eigenvalue weighted by Crippen LogP contribution is -2.34. The second-order valence-electron chi connectivity index (χ2n) is 2.63. The number of hydrogen-bond donors (Lipinski definition) is 2. The normalized spacial score (nSPS) is 34.2. The first kappa shape index (κ1) is 7.98. The molecule has 3 nitrogen and oxygen atoms in total. The van der Waals surface area contributed by atoms with E-state index in [1.165, 1.54) is 0 Å². The van der Waals surface area contributed by atoms with Crippen LogP contribution >= 0.6 is 0 Å².